The van der Waals surface area contributed by atoms with Gasteiger partial charge in [-0.2, -0.15) is 18.3 Å². The van der Waals surface area contributed by atoms with Crippen LogP contribution in [-0.2, 0) is 9.53 Å². The summed E-state index contributed by atoms with van der Waals surface area (Å²) >= 11 is 0. The van der Waals surface area contributed by atoms with Crippen molar-refractivity contribution in [3.63, 3.8) is 0 Å². The summed E-state index contributed by atoms with van der Waals surface area (Å²) < 4.78 is 45.6. The largest absolute Gasteiger partial charge is 0.491 e. The Balaban J connectivity index is 1.71. The van der Waals surface area contributed by atoms with Crippen LogP contribution in [0.1, 0.15) is 59.2 Å². The SMILES string of the molecule is CC(=O)c1cc(-c2cnc3c(N)ncnn23)cc2c1C(=O)N([C@@H](C)C1CC1)C2OC(=O)C(F)(F)F. The third-order valence-electron chi connectivity index (χ3n) is 6.34. The molecule has 0 bridgehead atoms. The van der Waals surface area contributed by atoms with Gasteiger partial charge in [0.05, 0.1) is 17.5 Å². The molecule has 2 aliphatic rings. The van der Waals surface area contributed by atoms with E-state index in [9.17, 15) is 27.6 Å². The number of hydrogen-bond acceptors (Lipinski definition) is 8. The van der Waals surface area contributed by atoms with Crippen LogP contribution in [0.2, 0.25) is 0 Å². The van der Waals surface area contributed by atoms with Crippen molar-refractivity contribution in [2.24, 2.45) is 5.92 Å². The zero-order chi connectivity index (χ0) is 25.2. The highest BCUT2D eigenvalue weighted by Gasteiger charge is 2.51. The van der Waals surface area contributed by atoms with E-state index in [2.05, 4.69) is 15.1 Å². The Hall–Kier alpha value is -4.03. The second-order valence-corrected chi connectivity index (χ2v) is 8.61. The molecule has 2 N–H and O–H groups in total. The van der Waals surface area contributed by atoms with Gasteiger partial charge in [-0.25, -0.2) is 19.3 Å². The summed E-state index contributed by atoms with van der Waals surface area (Å²) in [5.74, 6) is -3.43. The molecule has 35 heavy (non-hydrogen) atoms. The van der Waals surface area contributed by atoms with Gasteiger partial charge >= 0.3 is 12.1 Å². The standard InChI is InChI=1S/C22H19F3N6O4/c1-9(11-3-4-11)30-19(33)16-13(10(2)32)5-12(6-14(16)20(30)35-21(34)22(23,24)25)15-7-27-18-17(26)28-8-29-31(15)18/h5-9,11,20H,3-4H2,1-2H3,(H2,26,28,29)/t9-,20?/m0/s1. The van der Waals surface area contributed by atoms with Gasteiger partial charge in [0.15, 0.2) is 17.2 Å². The first-order valence-corrected chi connectivity index (χ1v) is 10.7. The Kier molecular flexibility index (Phi) is 5.04. The Labute approximate surface area is 195 Å². The number of carbonyl (C=O) groups excluding carboxylic acids is 3. The van der Waals surface area contributed by atoms with Gasteiger partial charge in [0, 0.05) is 22.7 Å². The van der Waals surface area contributed by atoms with Crippen LogP contribution in [-0.4, -0.2) is 54.4 Å². The molecule has 2 atom stereocenters. The third kappa shape index (κ3) is 3.67. The van der Waals surface area contributed by atoms with E-state index in [1.54, 1.807) is 6.92 Å². The van der Waals surface area contributed by atoms with Crippen LogP contribution in [0.15, 0.2) is 24.7 Å². The number of imidazole rings is 1. The van der Waals surface area contributed by atoms with Crippen LogP contribution in [0, 0.1) is 5.92 Å². The first-order chi connectivity index (χ1) is 16.5. The molecule has 10 nitrogen and oxygen atoms in total. The molecule has 3 heterocycles. The minimum absolute atomic E-state index is 0.0141. The lowest BCUT2D eigenvalue weighted by Gasteiger charge is -2.31. The van der Waals surface area contributed by atoms with Crippen molar-refractivity contribution in [1.82, 2.24) is 24.5 Å². The molecule has 1 amide bonds. The van der Waals surface area contributed by atoms with E-state index in [1.165, 1.54) is 36.1 Å². The minimum Gasteiger partial charge on any atom is -0.430 e. The number of fused-ring (bicyclic) bond motifs is 2. The number of alkyl halides is 3. The van der Waals surface area contributed by atoms with Gasteiger partial charge in [0.25, 0.3) is 5.91 Å². The number of halogens is 3. The topological polar surface area (TPSA) is 133 Å². The predicted octanol–water partition coefficient (Wildman–Crippen LogP) is 2.93. The molecular weight excluding hydrogens is 469 g/mol. The van der Waals surface area contributed by atoms with Crippen LogP contribution in [0.25, 0.3) is 16.9 Å². The molecule has 182 valence electrons. The van der Waals surface area contributed by atoms with E-state index in [-0.39, 0.29) is 34.1 Å². The van der Waals surface area contributed by atoms with Crippen molar-refractivity contribution >= 4 is 29.1 Å². The minimum atomic E-state index is -5.27. The number of aromatic nitrogens is 4. The molecule has 2 aromatic heterocycles. The molecule has 3 aromatic rings. The average molecular weight is 488 g/mol. The highest BCUT2D eigenvalue weighted by atomic mass is 19.4. The summed E-state index contributed by atoms with van der Waals surface area (Å²) in [7, 11) is 0. The van der Waals surface area contributed by atoms with E-state index < -0.39 is 36.1 Å². The van der Waals surface area contributed by atoms with Crippen molar-refractivity contribution < 1.29 is 32.3 Å². The number of rotatable bonds is 5. The Morgan fingerprint density at radius 2 is 1.94 bits per heavy atom. The number of ether oxygens (including phenoxy) is 1. The van der Waals surface area contributed by atoms with E-state index in [1.807, 2.05) is 0 Å². The average Bonchev–Trinajstić information content (AvgIpc) is 3.49. The Morgan fingerprint density at radius 3 is 2.57 bits per heavy atom. The molecule has 1 aliphatic carbocycles. The number of ketones is 1. The van der Waals surface area contributed by atoms with Crippen molar-refractivity contribution in [1.29, 1.82) is 0 Å². The van der Waals surface area contributed by atoms with Crippen LogP contribution >= 0.6 is 0 Å². The molecule has 1 unspecified atom stereocenters. The fraction of sp³-hybridized carbons (Fsp3) is 0.364. The van der Waals surface area contributed by atoms with Crippen LogP contribution in [0.4, 0.5) is 19.0 Å². The van der Waals surface area contributed by atoms with E-state index >= 15 is 0 Å². The number of esters is 1. The smallest absolute Gasteiger partial charge is 0.430 e. The Bertz CT molecular complexity index is 1400. The van der Waals surface area contributed by atoms with Gasteiger partial charge < -0.3 is 10.5 Å². The number of amides is 1. The molecule has 1 aromatic carbocycles. The zero-order valence-electron chi connectivity index (χ0n) is 18.5. The number of anilines is 1. The summed E-state index contributed by atoms with van der Waals surface area (Å²) in [4.78, 5) is 47.0. The number of carbonyl (C=O) groups is 3. The van der Waals surface area contributed by atoms with E-state index in [4.69, 9.17) is 10.5 Å². The first kappa shape index (κ1) is 22.7. The monoisotopic (exact) mass is 488 g/mol. The summed E-state index contributed by atoms with van der Waals surface area (Å²) in [5, 5.41) is 4.10. The van der Waals surface area contributed by atoms with Crippen LogP contribution < -0.4 is 5.73 Å². The third-order valence-corrected chi connectivity index (χ3v) is 6.34. The zero-order valence-corrected chi connectivity index (χ0v) is 18.5. The number of hydrogen-bond donors (Lipinski definition) is 1. The van der Waals surface area contributed by atoms with Gasteiger partial charge in [-0.1, -0.05) is 0 Å². The highest BCUT2D eigenvalue weighted by molar-refractivity contribution is 6.11. The number of Topliss-reactive ketones (excluding diaryl/α,β-unsaturated/α-hetero) is 1. The van der Waals surface area contributed by atoms with E-state index in [0.29, 0.717) is 11.3 Å². The van der Waals surface area contributed by atoms with Gasteiger partial charge in [-0.05, 0) is 44.7 Å². The number of benzene rings is 1. The van der Waals surface area contributed by atoms with Gasteiger partial charge in [-0.15, -0.1) is 0 Å². The number of nitrogen functional groups attached to an aromatic ring is 1. The summed E-state index contributed by atoms with van der Waals surface area (Å²) in [6.07, 6.45) is -2.74. The quantitative estimate of drug-likeness (QED) is 0.428. The van der Waals surface area contributed by atoms with Crippen molar-refractivity contribution in [3.05, 3.63) is 41.3 Å². The summed E-state index contributed by atoms with van der Waals surface area (Å²) in [6.45, 7) is 2.93. The maximum absolute atomic E-state index is 13.4. The van der Waals surface area contributed by atoms with Gasteiger partial charge in [-0.3, -0.25) is 14.5 Å². The van der Waals surface area contributed by atoms with Crippen molar-refractivity contribution in [2.45, 2.75) is 45.1 Å². The summed E-state index contributed by atoms with van der Waals surface area (Å²) in [5.41, 5.74) is 6.62. The van der Waals surface area contributed by atoms with E-state index in [0.717, 1.165) is 17.7 Å². The van der Waals surface area contributed by atoms with Gasteiger partial charge in [0.2, 0.25) is 6.23 Å². The van der Waals surface area contributed by atoms with Crippen LogP contribution in [0.5, 0.6) is 0 Å². The molecule has 1 aliphatic heterocycles. The molecule has 0 saturated heterocycles. The van der Waals surface area contributed by atoms with Crippen molar-refractivity contribution in [3.8, 4) is 11.3 Å². The first-order valence-electron chi connectivity index (χ1n) is 10.7. The maximum atomic E-state index is 13.4. The van der Waals surface area contributed by atoms with Crippen LogP contribution in [0.3, 0.4) is 0 Å². The molecule has 1 fully saturated rings. The number of nitrogens with two attached hydrogens (primary N) is 1. The highest BCUT2D eigenvalue weighted by Crippen LogP contribution is 2.46. The molecular formula is C22H19F3N6O4. The fourth-order valence-corrected chi connectivity index (χ4v) is 4.43. The normalized spacial score (nSPS) is 18.6. The molecule has 0 spiro atoms. The molecule has 5 rings (SSSR count). The molecule has 0 radical (unpaired) electrons. The van der Waals surface area contributed by atoms with Crippen molar-refractivity contribution in [2.75, 3.05) is 5.73 Å². The second kappa shape index (κ2) is 7.75. The summed E-state index contributed by atoms with van der Waals surface area (Å²) in [6, 6.07) is 2.34. The lowest BCUT2D eigenvalue weighted by atomic mass is 9.95. The lowest BCUT2D eigenvalue weighted by molar-refractivity contribution is -0.212. The fourth-order valence-electron chi connectivity index (χ4n) is 4.43. The second-order valence-electron chi connectivity index (χ2n) is 8.61. The predicted molar refractivity (Wildman–Crippen MR) is 114 cm³/mol. The Morgan fingerprint density at radius 1 is 1.23 bits per heavy atom. The molecule has 13 heteroatoms. The molecule has 1 saturated carbocycles. The maximum Gasteiger partial charge on any atom is 0.491 e. The number of nitrogens with zero attached hydrogens (tertiary/aromatic N) is 5. The van der Waals surface area contributed by atoms with Gasteiger partial charge in [0.1, 0.15) is 6.33 Å². The lowest BCUT2D eigenvalue weighted by Crippen LogP contribution is -2.41.